The van der Waals surface area contributed by atoms with Crippen molar-refractivity contribution in [2.24, 2.45) is 0 Å². The molecule has 2 heterocycles. The molecule has 0 radical (unpaired) electrons. The van der Waals surface area contributed by atoms with Crippen LogP contribution in [0.25, 0.3) is 0 Å². The van der Waals surface area contributed by atoms with Crippen LogP contribution in [-0.2, 0) is 11.2 Å². The third-order valence-electron chi connectivity index (χ3n) is 6.88. The SMILES string of the molecule is CC(C)OC(=O)Nc1ccc(C2C(C#N)c3ccc(OCCCc4nn[nH]n4)cc3N2C2CCC2)cc1. The summed E-state index contributed by atoms with van der Waals surface area (Å²) in [6.45, 7) is 4.16. The molecule has 2 aromatic carbocycles. The maximum atomic E-state index is 12.0. The number of nitriles is 1. The van der Waals surface area contributed by atoms with Gasteiger partial charge in [-0.25, -0.2) is 4.79 Å². The van der Waals surface area contributed by atoms with Gasteiger partial charge in [0.2, 0.25) is 0 Å². The van der Waals surface area contributed by atoms with Crippen LogP contribution in [0.2, 0.25) is 0 Å². The number of aromatic amines is 1. The number of hydrogen-bond donors (Lipinski definition) is 2. The number of nitrogens with zero attached hydrogens (tertiary/aromatic N) is 5. The molecule has 1 saturated carbocycles. The lowest BCUT2D eigenvalue weighted by Gasteiger charge is -2.41. The minimum absolute atomic E-state index is 0.101. The van der Waals surface area contributed by atoms with Crippen LogP contribution in [0.4, 0.5) is 16.2 Å². The van der Waals surface area contributed by atoms with Crippen LogP contribution in [0.3, 0.4) is 0 Å². The Labute approximate surface area is 216 Å². The first-order valence-electron chi connectivity index (χ1n) is 12.8. The fraction of sp³-hybridized carbons (Fsp3) is 0.444. The van der Waals surface area contributed by atoms with Crippen molar-refractivity contribution in [2.45, 2.75) is 70.1 Å². The number of ether oxygens (including phenoxy) is 2. The van der Waals surface area contributed by atoms with Gasteiger partial charge in [-0.3, -0.25) is 5.32 Å². The molecule has 1 aliphatic carbocycles. The summed E-state index contributed by atoms with van der Waals surface area (Å²) in [5, 5.41) is 27.0. The van der Waals surface area contributed by atoms with Gasteiger partial charge in [-0.2, -0.15) is 10.5 Å². The minimum Gasteiger partial charge on any atom is -0.494 e. The summed E-state index contributed by atoms with van der Waals surface area (Å²) >= 11 is 0. The fourth-order valence-corrected chi connectivity index (χ4v) is 5.00. The zero-order valence-corrected chi connectivity index (χ0v) is 21.1. The number of amides is 1. The quantitative estimate of drug-likeness (QED) is 0.397. The molecule has 0 spiro atoms. The molecule has 37 heavy (non-hydrogen) atoms. The van der Waals surface area contributed by atoms with Crippen molar-refractivity contribution < 1.29 is 14.3 Å². The predicted molar refractivity (Wildman–Crippen MR) is 137 cm³/mol. The van der Waals surface area contributed by atoms with Crippen molar-refractivity contribution in [1.82, 2.24) is 20.6 Å². The number of carbonyl (C=O) groups is 1. The topological polar surface area (TPSA) is 129 Å². The van der Waals surface area contributed by atoms with E-state index in [1.807, 2.05) is 50.2 Å². The van der Waals surface area contributed by atoms with E-state index in [2.05, 4.69) is 43.0 Å². The maximum absolute atomic E-state index is 12.0. The van der Waals surface area contributed by atoms with E-state index in [0.717, 1.165) is 41.8 Å². The number of aryl methyl sites for hydroxylation is 1. The van der Waals surface area contributed by atoms with E-state index in [1.54, 1.807) is 0 Å². The van der Waals surface area contributed by atoms with Crippen LogP contribution in [0.1, 0.15) is 68.4 Å². The summed E-state index contributed by atoms with van der Waals surface area (Å²) < 4.78 is 11.2. The molecule has 0 bridgehead atoms. The summed E-state index contributed by atoms with van der Waals surface area (Å²) in [5.41, 5.74) is 3.80. The molecule has 2 atom stereocenters. The third kappa shape index (κ3) is 5.35. The predicted octanol–water partition coefficient (Wildman–Crippen LogP) is 4.89. The number of nitrogens with one attached hydrogen (secondary N) is 2. The Kier molecular flexibility index (Phi) is 7.21. The van der Waals surface area contributed by atoms with Gasteiger partial charge in [0.1, 0.15) is 5.75 Å². The summed E-state index contributed by atoms with van der Waals surface area (Å²) in [6.07, 6.45) is 4.18. The molecule has 2 aliphatic rings. The summed E-state index contributed by atoms with van der Waals surface area (Å²) in [5.74, 6) is 1.16. The number of tetrazole rings is 1. The van der Waals surface area contributed by atoms with Gasteiger partial charge in [-0.15, -0.1) is 10.2 Å². The van der Waals surface area contributed by atoms with Gasteiger partial charge in [0.25, 0.3) is 0 Å². The molecule has 1 fully saturated rings. The number of carbonyl (C=O) groups excluding carboxylic acids is 1. The second kappa shape index (κ2) is 10.9. The zero-order valence-electron chi connectivity index (χ0n) is 21.1. The number of aromatic nitrogens is 4. The fourth-order valence-electron chi connectivity index (χ4n) is 5.00. The maximum Gasteiger partial charge on any atom is 0.411 e. The molecule has 10 heteroatoms. The molecule has 2 N–H and O–H groups in total. The van der Waals surface area contributed by atoms with Crippen LogP contribution in [-0.4, -0.2) is 45.5 Å². The van der Waals surface area contributed by atoms with E-state index in [-0.39, 0.29) is 18.1 Å². The van der Waals surface area contributed by atoms with Gasteiger partial charge in [0.15, 0.2) is 5.82 Å². The Morgan fingerprint density at radius 1 is 1.24 bits per heavy atom. The zero-order chi connectivity index (χ0) is 25.8. The van der Waals surface area contributed by atoms with Crippen LogP contribution in [0.5, 0.6) is 5.75 Å². The highest BCUT2D eigenvalue weighted by Gasteiger charge is 2.44. The third-order valence-corrected chi connectivity index (χ3v) is 6.88. The van der Waals surface area contributed by atoms with Crippen molar-refractivity contribution in [1.29, 1.82) is 5.26 Å². The molecule has 5 rings (SSSR count). The van der Waals surface area contributed by atoms with Gasteiger partial charge in [0.05, 0.1) is 30.7 Å². The lowest BCUT2D eigenvalue weighted by molar-refractivity contribution is 0.130. The Balaban J connectivity index is 1.34. The highest BCUT2D eigenvalue weighted by Crippen LogP contribution is 2.53. The molecule has 1 aliphatic heterocycles. The average Bonchev–Trinajstić information content (AvgIpc) is 3.47. The number of rotatable bonds is 9. The molecule has 192 valence electrons. The first kappa shape index (κ1) is 24.6. The Bertz CT molecular complexity index is 1250. The first-order chi connectivity index (χ1) is 18.0. The van der Waals surface area contributed by atoms with Crippen LogP contribution < -0.4 is 15.0 Å². The average molecular weight is 502 g/mol. The summed E-state index contributed by atoms with van der Waals surface area (Å²) in [6, 6.07) is 16.6. The van der Waals surface area contributed by atoms with Crippen molar-refractivity contribution in [3.63, 3.8) is 0 Å². The minimum atomic E-state index is -0.480. The van der Waals surface area contributed by atoms with E-state index in [9.17, 15) is 10.1 Å². The van der Waals surface area contributed by atoms with E-state index >= 15 is 0 Å². The molecule has 1 aromatic heterocycles. The smallest absolute Gasteiger partial charge is 0.411 e. The summed E-state index contributed by atoms with van der Waals surface area (Å²) in [4.78, 5) is 14.4. The molecule has 3 aromatic rings. The van der Waals surface area contributed by atoms with Crippen molar-refractivity contribution in [3.05, 3.63) is 59.4 Å². The van der Waals surface area contributed by atoms with Gasteiger partial charge < -0.3 is 14.4 Å². The monoisotopic (exact) mass is 501 g/mol. The van der Waals surface area contributed by atoms with Gasteiger partial charge in [0, 0.05) is 29.9 Å². The Morgan fingerprint density at radius 2 is 2.05 bits per heavy atom. The van der Waals surface area contributed by atoms with E-state index in [1.165, 1.54) is 6.42 Å². The molecular weight excluding hydrogens is 470 g/mol. The number of benzene rings is 2. The molecule has 0 saturated heterocycles. The highest BCUT2D eigenvalue weighted by atomic mass is 16.6. The van der Waals surface area contributed by atoms with E-state index < -0.39 is 6.09 Å². The van der Waals surface area contributed by atoms with E-state index in [4.69, 9.17) is 9.47 Å². The normalized spacial score (nSPS) is 18.7. The van der Waals surface area contributed by atoms with Gasteiger partial charge >= 0.3 is 6.09 Å². The van der Waals surface area contributed by atoms with E-state index in [0.29, 0.717) is 30.6 Å². The lowest BCUT2D eigenvalue weighted by Crippen LogP contribution is -2.41. The summed E-state index contributed by atoms with van der Waals surface area (Å²) in [7, 11) is 0. The second-order valence-corrected chi connectivity index (χ2v) is 9.75. The Morgan fingerprint density at radius 3 is 2.70 bits per heavy atom. The number of anilines is 2. The second-order valence-electron chi connectivity index (χ2n) is 9.75. The van der Waals surface area contributed by atoms with Crippen molar-refractivity contribution in [2.75, 3.05) is 16.8 Å². The Hall–Kier alpha value is -4.13. The van der Waals surface area contributed by atoms with Gasteiger partial charge in [-0.05, 0) is 68.9 Å². The number of hydrogen-bond acceptors (Lipinski definition) is 8. The standard InChI is InChI=1S/C27H31N7O3/c1-17(2)37-27(35)29-19-10-8-18(9-11-19)26-23(16-28)22-13-12-21(15-24(22)34(26)20-5-3-6-20)36-14-4-7-25-30-32-33-31-25/h8-13,15,17,20,23,26H,3-7,14H2,1-2H3,(H,29,35)(H,30,31,32,33). The van der Waals surface area contributed by atoms with Crippen molar-refractivity contribution in [3.8, 4) is 11.8 Å². The lowest BCUT2D eigenvalue weighted by atomic mass is 9.87. The molecular formula is C27H31N7O3. The number of fused-ring (bicyclic) bond motifs is 1. The first-order valence-corrected chi connectivity index (χ1v) is 12.8. The largest absolute Gasteiger partial charge is 0.494 e. The molecule has 1 amide bonds. The highest BCUT2D eigenvalue weighted by molar-refractivity contribution is 5.84. The number of H-pyrrole nitrogens is 1. The van der Waals surface area contributed by atoms with Crippen LogP contribution in [0.15, 0.2) is 42.5 Å². The van der Waals surface area contributed by atoms with Crippen molar-refractivity contribution >= 4 is 17.5 Å². The van der Waals surface area contributed by atoms with Gasteiger partial charge in [-0.1, -0.05) is 23.4 Å². The van der Waals surface area contributed by atoms with Crippen LogP contribution >= 0.6 is 0 Å². The molecule has 2 unspecified atom stereocenters. The van der Waals surface area contributed by atoms with Crippen LogP contribution in [0, 0.1) is 11.3 Å². The molecule has 10 nitrogen and oxygen atoms in total.